The van der Waals surface area contributed by atoms with Crippen molar-refractivity contribution in [3.8, 4) is 5.69 Å². The van der Waals surface area contributed by atoms with E-state index >= 15 is 0 Å². The highest BCUT2D eigenvalue weighted by molar-refractivity contribution is 5.98. The molecule has 3 aromatic rings. The molecule has 0 radical (unpaired) electrons. The van der Waals surface area contributed by atoms with Gasteiger partial charge < -0.3 is 5.32 Å². The fourth-order valence-corrected chi connectivity index (χ4v) is 2.32. The van der Waals surface area contributed by atoms with Gasteiger partial charge in [-0.3, -0.25) is 9.36 Å². The summed E-state index contributed by atoms with van der Waals surface area (Å²) in [4.78, 5) is 24.0. The Morgan fingerprint density at radius 3 is 3.16 bits per heavy atom. The zero-order valence-electron chi connectivity index (χ0n) is 9.87. The minimum atomic E-state index is -0.0145. The Morgan fingerprint density at radius 2 is 2.21 bits per heavy atom. The second kappa shape index (κ2) is 3.61. The number of aromatic nitrogens is 4. The van der Waals surface area contributed by atoms with Crippen LogP contribution in [0.4, 0.5) is 0 Å². The fraction of sp³-hybridized carbons (Fsp3) is 0.0769. The molecule has 6 nitrogen and oxygen atoms in total. The van der Waals surface area contributed by atoms with Gasteiger partial charge in [0.25, 0.3) is 5.91 Å². The van der Waals surface area contributed by atoms with Crippen molar-refractivity contribution in [3.63, 3.8) is 0 Å². The number of imidazole rings is 1. The van der Waals surface area contributed by atoms with E-state index in [2.05, 4.69) is 20.3 Å². The third-order valence-corrected chi connectivity index (χ3v) is 3.26. The summed E-state index contributed by atoms with van der Waals surface area (Å²) in [6, 6.07) is 5.71. The van der Waals surface area contributed by atoms with E-state index in [9.17, 15) is 4.79 Å². The molecular weight excluding hydrogens is 242 g/mol. The van der Waals surface area contributed by atoms with Gasteiger partial charge in [-0.15, -0.1) is 0 Å². The van der Waals surface area contributed by atoms with Crippen molar-refractivity contribution in [1.82, 2.24) is 24.8 Å². The molecule has 1 aliphatic heterocycles. The van der Waals surface area contributed by atoms with Crippen molar-refractivity contribution in [2.75, 3.05) is 0 Å². The molecule has 0 saturated carbocycles. The molecule has 4 rings (SSSR count). The molecular formula is C13H9N5O. The number of benzene rings is 1. The number of carbonyl (C=O) groups is 1. The van der Waals surface area contributed by atoms with Crippen LogP contribution in [-0.4, -0.2) is 25.4 Å². The van der Waals surface area contributed by atoms with Crippen molar-refractivity contribution in [3.05, 3.63) is 48.2 Å². The van der Waals surface area contributed by atoms with Gasteiger partial charge >= 0.3 is 0 Å². The average Bonchev–Trinajstić information content (AvgIpc) is 3.03. The zero-order chi connectivity index (χ0) is 12.8. The Hall–Kier alpha value is -2.76. The maximum atomic E-state index is 11.5. The normalized spacial score (nSPS) is 13.6. The molecule has 0 spiro atoms. The number of hydrogen-bond donors (Lipinski definition) is 1. The molecule has 0 atom stereocenters. The molecule has 0 aliphatic carbocycles. The molecule has 92 valence electrons. The highest BCUT2D eigenvalue weighted by Gasteiger charge is 2.19. The summed E-state index contributed by atoms with van der Waals surface area (Å²) in [6.45, 7) is 0.573. The summed E-state index contributed by atoms with van der Waals surface area (Å²) >= 11 is 0. The van der Waals surface area contributed by atoms with Gasteiger partial charge in [0.1, 0.15) is 18.2 Å². The Bertz CT molecular complexity index is 808. The standard InChI is InChI=1S/C13H9N5O/c19-13-10-2-1-9(3-8(10)4-15-13)18-7-17-11-5-14-6-16-12(11)18/h1-3,5-7H,4H2,(H,15,19). The van der Waals surface area contributed by atoms with Crippen LogP contribution < -0.4 is 5.32 Å². The first-order valence-electron chi connectivity index (χ1n) is 5.87. The van der Waals surface area contributed by atoms with Crippen LogP contribution in [0, 0.1) is 0 Å². The summed E-state index contributed by atoms with van der Waals surface area (Å²) < 4.78 is 1.89. The summed E-state index contributed by atoms with van der Waals surface area (Å²) in [7, 11) is 0. The van der Waals surface area contributed by atoms with E-state index in [1.54, 1.807) is 12.5 Å². The van der Waals surface area contributed by atoms with E-state index in [4.69, 9.17) is 0 Å². The molecule has 0 unspecified atom stereocenters. The zero-order valence-corrected chi connectivity index (χ0v) is 9.87. The lowest BCUT2D eigenvalue weighted by Gasteiger charge is -2.05. The summed E-state index contributed by atoms with van der Waals surface area (Å²) in [5, 5.41) is 2.81. The van der Waals surface area contributed by atoms with E-state index in [-0.39, 0.29) is 5.91 Å². The van der Waals surface area contributed by atoms with Gasteiger partial charge in [-0.05, 0) is 23.8 Å². The molecule has 2 aromatic heterocycles. The molecule has 6 heteroatoms. The molecule has 0 fully saturated rings. The Balaban J connectivity index is 1.91. The monoisotopic (exact) mass is 251 g/mol. The van der Waals surface area contributed by atoms with E-state index in [0.717, 1.165) is 28.0 Å². The third kappa shape index (κ3) is 1.43. The SMILES string of the molecule is O=C1NCc2cc(-n3cnc4cncnc43)ccc21. The molecule has 1 N–H and O–H groups in total. The number of nitrogens with zero attached hydrogens (tertiary/aromatic N) is 4. The summed E-state index contributed by atoms with van der Waals surface area (Å²) in [5.74, 6) is -0.0145. The lowest BCUT2D eigenvalue weighted by Crippen LogP contribution is -2.12. The minimum Gasteiger partial charge on any atom is -0.348 e. The van der Waals surface area contributed by atoms with Crippen LogP contribution in [0.15, 0.2) is 37.1 Å². The lowest BCUT2D eigenvalue weighted by molar-refractivity contribution is 0.0966. The molecule has 19 heavy (non-hydrogen) atoms. The predicted molar refractivity (Wildman–Crippen MR) is 67.8 cm³/mol. The van der Waals surface area contributed by atoms with Gasteiger partial charge in [0, 0.05) is 17.8 Å². The average molecular weight is 251 g/mol. The van der Waals surface area contributed by atoms with Crippen molar-refractivity contribution < 1.29 is 4.79 Å². The lowest BCUT2D eigenvalue weighted by atomic mass is 10.1. The van der Waals surface area contributed by atoms with Crippen LogP contribution in [0.25, 0.3) is 16.9 Å². The number of nitrogens with one attached hydrogen (secondary N) is 1. The van der Waals surface area contributed by atoms with Crippen molar-refractivity contribution in [2.24, 2.45) is 0 Å². The molecule has 1 amide bonds. The van der Waals surface area contributed by atoms with Gasteiger partial charge in [0.15, 0.2) is 5.65 Å². The predicted octanol–water partition coefficient (Wildman–Crippen LogP) is 1.06. The van der Waals surface area contributed by atoms with Crippen LogP contribution in [0.5, 0.6) is 0 Å². The number of hydrogen-bond acceptors (Lipinski definition) is 4. The van der Waals surface area contributed by atoms with Crippen LogP contribution >= 0.6 is 0 Å². The Labute approximate surface area is 108 Å². The number of carbonyl (C=O) groups excluding carboxylic acids is 1. The molecule has 3 heterocycles. The highest BCUT2D eigenvalue weighted by Crippen LogP contribution is 2.21. The van der Waals surface area contributed by atoms with Gasteiger partial charge in [-0.1, -0.05) is 0 Å². The van der Waals surface area contributed by atoms with Gasteiger partial charge in [0.05, 0.1) is 6.20 Å². The van der Waals surface area contributed by atoms with Crippen molar-refractivity contribution in [1.29, 1.82) is 0 Å². The van der Waals surface area contributed by atoms with Crippen LogP contribution in [0.2, 0.25) is 0 Å². The van der Waals surface area contributed by atoms with E-state index in [1.807, 2.05) is 22.8 Å². The van der Waals surface area contributed by atoms with Crippen molar-refractivity contribution >= 4 is 17.1 Å². The first-order chi connectivity index (χ1) is 9.33. The Kier molecular flexibility index (Phi) is 1.94. The Morgan fingerprint density at radius 1 is 1.26 bits per heavy atom. The van der Waals surface area contributed by atoms with Crippen molar-refractivity contribution in [2.45, 2.75) is 6.54 Å². The van der Waals surface area contributed by atoms with Crippen LogP contribution in [0.3, 0.4) is 0 Å². The number of rotatable bonds is 1. The van der Waals surface area contributed by atoms with Gasteiger partial charge in [-0.2, -0.15) is 0 Å². The maximum absolute atomic E-state index is 11.5. The van der Waals surface area contributed by atoms with Gasteiger partial charge in [0.2, 0.25) is 0 Å². The highest BCUT2D eigenvalue weighted by atomic mass is 16.1. The molecule has 0 saturated heterocycles. The van der Waals surface area contributed by atoms with Crippen LogP contribution in [-0.2, 0) is 6.54 Å². The van der Waals surface area contributed by atoms with E-state index in [0.29, 0.717) is 6.54 Å². The van der Waals surface area contributed by atoms with E-state index < -0.39 is 0 Å². The second-order valence-corrected chi connectivity index (χ2v) is 4.37. The molecule has 0 bridgehead atoms. The quantitative estimate of drug-likeness (QED) is 0.701. The summed E-state index contributed by atoms with van der Waals surface area (Å²) in [6.07, 6.45) is 4.89. The van der Waals surface area contributed by atoms with Crippen LogP contribution in [0.1, 0.15) is 15.9 Å². The van der Waals surface area contributed by atoms with E-state index in [1.165, 1.54) is 6.33 Å². The minimum absolute atomic E-state index is 0.0145. The maximum Gasteiger partial charge on any atom is 0.251 e. The first kappa shape index (κ1) is 10.2. The number of fused-ring (bicyclic) bond motifs is 2. The molecule has 1 aromatic carbocycles. The third-order valence-electron chi connectivity index (χ3n) is 3.26. The summed E-state index contributed by atoms with van der Waals surface area (Å²) in [5.41, 5.74) is 4.18. The molecule has 1 aliphatic rings. The second-order valence-electron chi connectivity index (χ2n) is 4.37. The smallest absolute Gasteiger partial charge is 0.251 e. The first-order valence-corrected chi connectivity index (χ1v) is 5.87. The topological polar surface area (TPSA) is 72.7 Å². The fourth-order valence-electron chi connectivity index (χ4n) is 2.32. The van der Waals surface area contributed by atoms with Gasteiger partial charge in [-0.25, -0.2) is 15.0 Å². The largest absolute Gasteiger partial charge is 0.348 e. The number of amides is 1.